The molecule has 0 saturated carbocycles. The van der Waals surface area contributed by atoms with Gasteiger partial charge in [0.2, 0.25) is 0 Å². The molecule has 0 aliphatic carbocycles. The number of carbonyl (C=O) groups excluding carboxylic acids is 1. The predicted molar refractivity (Wildman–Crippen MR) is 235 cm³/mol. The number of benzene rings is 2. The van der Waals surface area contributed by atoms with E-state index in [1.54, 1.807) is 55.4 Å². The molecule has 62 heavy (non-hydrogen) atoms. The number of nitrogens with zero attached hydrogens (tertiary/aromatic N) is 5. The Morgan fingerprint density at radius 3 is 1.63 bits per heavy atom. The van der Waals surface area contributed by atoms with Gasteiger partial charge in [-0.05, 0) is 104 Å². The molecular weight excluding hydrogens is 785 g/mol. The van der Waals surface area contributed by atoms with E-state index in [9.17, 15) is 4.79 Å². The Bertz CT molecular complexity index is 2240. The summed E-state index contributed by atoms with van der Waals surface area (Å²) < 4.78 is 34.9. The SMILES string of the molecule is C.O=Cc1ccc([C@H]2COc3cccnc3O2)cc1.c1cncc(OC2CCN(Cc3ccc([C@H]4COc5cccnc5O4)cc3)CC2)c1.c1cncc(OC2CCNCC2)c1. The van der Waals surface area contributed by atoms with Gasteiger partial charge in [-0.1, -0.05) is 56.0 Å². The van der Waals surface area contributed by atoms with Crippen molar-refractivity contribution < 1.29 is 33.2 Å². The number of aldehydes is 1. The average molecular weight is 839 g/mol. The summed E-state index contributed by atoms with van der Waals surface area (Å²) in [6.45, 7) is 6.09. The number of rotatable bonds is 9. The first-order valence-electron chi connectivity index (χ1n) is 20.8. The highest BCUT2D eigenvalue weighted by Gasteiger charge is 2.25. The van der Waals surface area contributed by atoms with Gasteiger partial charge in [0.25, 0.3) is 11.8 Å². The smallest absolute Gasteiger partial charge is 0.257 e. The summed E-state index contributed by atoms with van der Waals surface area (Å²) in [7, 11) is 0. The molecule has 1 N–H and O–H groups in total. The van der Waals surface area contributed by atoms with Crippen LogP contribution in [0, 0.1) is 0 Å². The molecule has 0 bridgehead atoms. The number of carbonyl (C=O) groups is 1. The lowest BCUT2D eigenvalue weighted by molar-refractivity contribution is 0.0850. The Morgan fingerprint density at radius 2 is 1.13 bits per heavy atom. The Balaban J connectivity index is 0.000000153. The van der Waals surface area contributed by atoms with Crippen LogP contribution in [0.15, 0.2) is 134 Å². The second-order valence-electron chi connectivity index (χ2n) is 15.0. The molecule has 0 unspecified atom stereocenters. The molecule has 8 heterocycles. The highest BCUT2D eigenvalue weighted by atomic mass is 16.6. The summed E-state index contributed by atoms with van der Waals surface area (Å²) in [5.74, 6) is 4.19. The third-order valence-corrected chi connectivity index (χ3v) is 10.7. The lowest BCUT2D eigenvalue weighted by atomic mass is 10.0. The number of aromatic nitrogens is 4. The molecule has 2 atom stereocenters. The van der Waals surface area contributed by atoms with Crippen molar-refractivity contribution >= 4 is 6.29 Å². The molecule has 0 amide bonds. The highest BCUT2D eigenvalue weighted by molar-refractivity contribution is 5.74. The van der Waals surface area contributed by atoms with Crippen molar-refractivity contribution in [3.05, 3.63) is 156 Å². The number of nitrogens with one attached hydrogen (secondary N) is 1. The van der Waals surface area contributed by atoms with Crippen LogP contribution in [0.5, 0.6) is 34.8 Å². The molecule has 13 heteroatoms. The van der Waals surface area contributed by atoms with Gasteiger partial charge < -0.3 is 33.7 Å². The van der Waals surface area contributed by atoms with E-state index in [0.717, 1.165) is 87.3 Å². The van der Waals surface area contributed by atoms with Crippen molar-refractivity contribution in [1.29, 1.82) is 0 Å². The van der Waals surface area contributed by atoms with E-state index < -0.39 is 0 Å². The van der Waals surface area contributed by atoms with Crippen molar-refractivity contribution in [1.82, 2.24) is 30.2 Å². The van der Waals surface area contributed by atoms with Gasteiger partial charge in [-0.3, -0.25) is 19.7 Å². The van der Waals surface area contributed by atoms with Crippen molar-refractivity contribution in [3.63, 3.8) is 0 Å². The zero-order chi connectivity index (χ0) is 41.5. The molecule has 322 valence electrons. The number of ether oxygens (including phenoxy) is 6. The second-order valence-corrected chi connectivity index (χ2v) is 15.0. The average Bonchev–Trinajstić information content (AvgIpc) is 3.33. The number of pyridine rings is 4. The number of hydrogen-bond donors (Lipinski definition) is 1. The summed E-state index contributed by atoms with van der Waals surface area (Å²) in [6.07, 6.45) is 15.9. The number of piperidine rings is 2. The van der Waals surface area contributed by atoms with Crippen LogP contribution in [0.3, 0.4) is 0 Å². The first kappa shape index (κ1) is 43.5. The highest BCUT2D eigenvalue weighted by Crippen LogP contribution is 2.35. The minimum atomic E-state index is -0.187. The lowest BCUT2D eigenvalue weighted by Gasteiger charge is -2.32. The molecule has 4 aliphatic heterocycles. The molecule has 0 spiro atoms. The normalized spacial score (nSPS) is 18.3. The summed E-state index contributed by atoms with van der Waals surface area (Å²) in [6, 6.07) is 31.0. The van der Waals surface area contributed by atoms with Gasteiger partial charge in [-0.15, -0.1) is 0 Å². The van der Waals surface area contributed by atoms with Crippen LogP contribution < -0.4 is 33.7 Å². The van der Waals surface area contributed by atoms with E-state index >= 15 is 0 Å². The standard InChI is InChI=1S/C24H25N3O3.C14H11NO3.C10H14N2O.CH4/c1-3-21(15-25-11-1)29-20-9-13-27(14-10-20)16-18-5-7-19(8-6-18)23-17-28-22-4-2-12-26-24(22)30-23;16-8-10-3-5-11(6-4-10)13-9-17-12-2-1-7-15-14(12)18-13;1-2-10(8-12-5-1)13-9-3-6-11-7-4-9;/h1-8,11-12,15,20,23H,9-10,13-14,16-17H2;1-8,13H,9H2;1-2,5,8-9,11H,3-4,6-7H2;1H4/t23-;13-;;/m11../s1. The van der Waals surface area contributed by atoms with E-state index in [4.69, 9.17) is 28.4 Å². The minimum Gasteiger partial charge on any atom is -0.489 e. The van der Waals surface area contributed by atoms with Crippen LogP contribution in [0.1, 0.15) is 72.4 Å². The summed E-state index contributed by atoms with van der Waals surface area (Å²) >= 11 is 0. The summed E-state index contributed by atoms with van der Waals surface area (Å²) in [5, 5.41) is 3.30. The fourth-order valence-corrected chi connectivity index (χ4v) is 7.35. The first-order chi connectivity index (χ1) is 30.1. The molecule has 13 nitrogen and oxygen atoms in total. The van der Waals surface area contributed by atoms with E-state index in [-0.39, 0.29) is 25.7 Å². The number of likely N-dealkylation sites (tertiary alicyclic amines) is 1. The predicted octanol–water partition coefficient (Wildman–Crippen LogP) is 8.29. The lowest BCUT2D eigenvalue weighted by Crippen LogP contribution is -2.37. The minimum absolute atomic E-state index is 0. The first-order valence-corrected chi connectivity index (χ1v) is 20.8. The zero-order valence-corrected chi connectivity index (χ0v) is 34.0. The van der Waals surface area contributed by atoms with Gasteiger partial charge in [-0.25, -0.2) is 9.97 Å². The Hall–Kier alpha value is -6.57. The molecule has 0 radical (unpaired) electrons. The molecule has 2 aromatic carbocycles. The van der Waals surface area contributed by atoms with Gasteiger partial charge in [0.1, 0.15) is 43.2 Å². The maximum absolute atomic E-state index is 10.6. The van der Waals surface area contributed by atoms with Crippen LogP contribution in [0.4, 0.5) is 0 Å². The third kappa shape index (κ3) is 12.3. The van der Waals surface area contributed by atoms with Gasteiger partial charge in [-0.2, -0.15) is 0 Å². The van der Waals surface area contributed by atoms with Crippen molar-refractivity contribution in [2.75, 3.05) is 39.4 Å². The van der Waals surface area contributed by atoms with Gasteiger partial charge >= 0.3 is 0 Å². The molecule has 4 aromatic heterocycles. The van der Waals surface area contributed by atoms with Crippen LogP contribution in [-0.4, -0.2) is 82.7 Å². The summed E-state index contributed by atoms with van der Waals surface area (Å²) in [5.41, 5.74) is 4.03. The fraction of sp³-hybridized carbons (Fsp3) is 0.327. The van der Waals surface area contributed by atoms with E-state index in [0.29, 0.717) is 48.1 Å². The van der Waals surface area contributed by atoms with E-state index in [1.165, 1.54) is 5.56 Å². The molecule has 4 aliphatic rings. The maximum Gasteiger partial charge on any atom is 0.257 e. The monoisotopic (exact) mass is 838 g/mol. The molecule has 6 aromatic rings. The van der Waals surface area contributed by atoms with Crippen LogP contribution in [0.2, 0.25) is 0 Å². The van der Waals surface area contributed by atoms with Gasteiger partial charge in [0.05, 0.1) is 12.4 Å². The Morgan fingerprint density at radius 1 is 0.629 bits per heavy atom. The van der Waals surface area contributed by atoms with Crippen LogP contribution in [0.25, 0.3) is 0 Å². The number of hydrogen-bond acceptors (Lipinski definition) is 13. The molecular formula is C49H54N6O7. The fourth-order valence-electron chi connectivity index (χ4n) is 7.35. The van der Waals surface area contributed by atoms with Gasteiger partial charge in [0, 0.05) is 50.0 Å². The Labute approximate surface area is 363 Å². The van der Waals surface area contributed by atoms with E-state index in [1.807, 2.05) is 54.6 Å². The topological polar surface area (TPSA) is 139 Å². The van der Waals surface area contributed by atoms with E-state index in [2.05, 4.69) is 54.4 Å². The number of fused-ring (bicyclic) bond motifs is 2. The van der Waals surface area contributed by atoms with Crippen LogP contribution >= 0.6 is 0 Å². The molecule has 2 fully saturated rings. The Kier molecular flexibility index (Phi) is 15.7. The van der Waals surface area contributed by atoms with Crippen LogP contribution in [-0.2, 0) is 6.54 Å². The van der Waals surface area contributed by atoms with Crippen molar-refractivity contribution in [3.8, 4) is 34.8 Å². The third-order valence-electron chi connectivity index (χ3n) is 10.7. The largest absolute Gasteiger partial charge is 0.489 e. The molecule has 2 saturated heterocycles. The summed E-state index contributed by atoms with van der Waals surface area (Å²) in [4.78, 5) is 29.6. The molecule has 10 rings (SSSR count). The zero-order valence-electron chi connectivity index (χ0n) is 34.0. The van der Waals surface area contributed by atoms with Crippen molar-refractivity contribution in [2.24, 2.45) is 0 Å². The quantitative estimate of drug-likeness (QED) is 0.140. The van der Waals surface area contributed by atoms with Gasteiger partial charge in [0.15, 0.2) is 23.7 Å². The maximum atomic E-state index is 10.6. The second kappa shape index (κ2) is 22.3. The van der Waals surface area contributed by atoms with Crippen molar-refractivity contribution in [2.45, 2.75) is 64.1 Å².